The molecule has 73 heavy (non-hydrogen) atoms. The maximum absolute atomic E-state index is 12.5. The van der Waals surface area contributed by atoms with Gasteiger partial charge in [-0.2, -0.15) is 0 Å². The van der Waals surface area contributed by atoms with Crippen molar-refractivity contribution in [1.29, 1.82) is 0 Å². The van der Waals surface area contributed by atoms with E-state index in [2.05, 4.69) is 31.3 Å². The molecule has 2 atom stereocenters. The normalized spacial score (nSPS) is 12.5. The number of aliphatic hydroxyl groups excluding tert-OH is 2. The van der Waals surface area contributed by atoms with Crippen LogP contribution in [0.15, 0.2) is 12.2 Å². The van der Waals surface area contributed by atoms with Gasteiger partial charge < -0.3 is 20.3 Å². The van der Waals surface area contributed by atoms with Crippen LogP contribution in [0, 0.1) is 0 Å². The Bertz CT molecular complexity index is 1100. The van der Waals surface area contributed by atoms with Crippen molar-refractivity contribution in [2.24, 2.45) is 0 Å². The minimum absolute atomic E-state index is 0.0181. The van der Waals surface area contributed by atoms with Crippen molar-refractivity contribution in [3.63, 3.8) is 0 Å². The Morgan fingerprint density at radius 1 is 0.370 bits per heavy atom. The summed E-state index contributed by atoms with van der Waals surface area (Å²) in [6.45, 7) is 4.99. The number of carbonyl (C=O) groups excluding carboxylic acids is 2. The van der Waals surface area contributed by atoms with Gasteiger partial charge in [-0.05, 0) is 51.4 Å². The predicted octanol–water partition coefficient (Wildman–Crippen LogP) is 21.2. The number of ether oxygens (including phenoxy) is 1. The second kappa shape index (κ2) is 63.1. The SMILES string of the molecule is CCCCCCCCCCCCCCCCCC(O)C(CO)NC(=O)CCCCCCCCCCCCCC/C=C\CCCCCCCCCCCCCCOC(=O)CCCCCCCCCCCCCCC. The fourth-order valence-corrected chi connectivity index (χ4v) is 10.7. The summed E-state index contributed by atoms with van der Waals surface area (Å²) >= 11 is 0. The van der Waals surface area contributed by atoms with Crippen molar-refractivity contribution in [2.75, 3.05) is 13.2 Å². The standard InChI is InChI=1S/C67H131NO5/c1-3-5-7-9-11-13-15-17-32-36-39-43-47-51-55-59-65(70)64(63-69)68-66(71)60-56-52-48-44-40-37-33-30-28-26-24-22-20-18-19-21-23-25-27-29-31-34-38-42-46-50-54-58-62-73-67(72)61-57-53-49-45-41-35-16-14-12-10-8-6-4-2/h18-19,64-65,69-70H,3-17,20-63H2,1-2H3,(H,68,71)/b19-18-. The molecule has 0 aromatic carbocycles. The Morgan fingerprint density at radius 2 is 0.644 bits per heavy atom. The van der Waals surface area contributed by atoms with Gasteiger partial charge in [-0.25, -0.2) is 0 Å². The van der Waals surface area contributed by atoms with Crippen LogP contribution in [0.2, 0.25) is 0 Å². The molecular weight excluding hydrogens is 899 g/mol. The number of allylic oxidation sites excluding steroid dienone is 2. The Hall–Kier alpha value is -1.40. The first kappa shape index (κ1) is 71.6. The van der Waals surface area contributed by atoms with Gasteiger partial charge in [0.25, 0.3) is 0 Å². The van der Waals surface area contributed by atoms with Gasteiger partial charge in [0.05, 0.1) is 25.4 Å². The van der Waals surface area contributed by atoms with E-state index in [1.54, 1.807) is 0 Å². The molecule has 0 aliphatic carbocycles. The number of esters is 1. The number of unbranched alkanes of at least 4 members (excludes halogenated alkanes) is 50. The molecule has 1 amide bonds. The lowest BCUT2D eigenvalue weighted by atomic mass is 10.0. The van der Waals surface area contributed by atoms with Gasteiger partial charge in [-0.1, -0.05) is 328 Å². The van der Waals surface area contributed by atoms with Gasteiger partial charge in [0.2, 0.25) is 5.91 Å². The Morgan fingerprint density at radius 3 is 0.973 bits per heavy atom. The second-order valence-electron chi connectivity index (χ2n) is 23.2. The number of rotatable bonds is 63. The van der Waals surface area contributed by atoms with Gasteiger partial charge in [-0.15, -0.1) is 0 Å². The van der Waals surface area contributed by atoms with E-state index in [9.17, 15) is 19.8 Å². The highest BCUT2D eigenvalue weighted by molar-refractivity contribution is 5.76. The van der Waals surface area contributed by atoms with Gasteiger partial charge in [0.15, 0.2) is 0 Å². The lowest BCUT2D eigenvalue weighted by molar-refractivity contribution is -0.143. The second-order valence-corrected chi connectivity index (χ2v) is 23.2. The van der Waals surface area contributed by atoms with Crippen molar-refractivity contribution in [2.45, 2.75) is 392 Å². The summed E-state index contributed by atoms with van der Waals surface area (Å²) < 4.78 is 5.48. The van der Waals surface area contributed by atoms with Crippen LogP contribution in [-0.4, -0.2) is 47.4 Å². The molecule has 0 aromatic rings. The van der Waals surface area contributed by atoms with Gasteiger partial charge in [0.1, 0.15) is 0 Å². The van der Waals surface area contributed by atoms with Gasteiger partial charge >= 0.3 is 5.97 Å². The highest BCUT2D eigenvalue weighted by Gasteiger charge is 2.20. The predicted molar refractivity (Wildman–Crippen MR) is 320 cm³/mol. The number of aliphatic hydroxyl groups is 2. The molecule has 2 unspecified atom stereocenters. The highest BCUT2D eigenvalue weighted by atomic mass is 16.5. The van der Waals surface area contributed by atoms with E-state index in [1.165, 1.54) is 308 Å². The molecule has 6 heteroatoms. The third-order valence-corrected chi connectivity index (χ3v) is 15.8. The number of amides is 1. The molecule has 3 N–H and O–H groups in total. The van der Waals surface area contributed by atoms with E-state index >= 15 is 0 Å². The summed E-state index contributed by atoms with van der Waals surface area (Å²) in [5, 5.41) is 23.3. The molecule has 6 nitrogen and oxygen atoms in total. The van der Waals surface area contributed by atoms with E-state index in [0.29, 0.717) is 25.9 Å². The molecule has 0 saturated heterocycles. The van der Waals surface area contributed by atoms with Crippen LogP contribution in [0.3, 0.4) is 0 Å². The van der Waals surface area contributed by atoms with Crippen molar-refractivity contribution < 1.29 is 24.5 Å². The summed E-state index contributed by atoms with van der Waals surface area (Å²) in [5.74, 6) is -0.0138. The smallest absolute Gasteiger partial charge is 0.305 e. The molecule has 0 heterocycles. The van der Waals surface area contributed by atoms with Crippen molar-refractivity contribution in [3.8, 4) is 0 Å². The molecule has 0 aliphatic heterocycles. The van der Waals surface area contributed by atoms with E-state index in [-0.39, 0.29) is 18.5 Å². The third kappa shape index (κ3) is 59.7. The van der Waals surface area contributed by atoms with Crippen molar-refractivity contribution in [1.82, 2.24) is 5.32 Å². The molecule has 0 rings (SSSR count). The minimum atomic E-state index is -0.663. The summed E-state index contributed by atoms with van der Waals surface area (Å²) in [6, 6.07) is -0.540. The van der Waals surface area contributed by atoms with Crippen molar-refractivity contribution in [3.05, 3.63) is 12.2 Å². The highest BCUT2D eigenvalue weighted by Crippen LogP contribution is 2.18. The fraction of sp³-hybridized carbons (Fsp3) is 0.940. The first-order valence-corrected chi connectivity index (χ1v) is 33.4. The Labute approximate surface area is 457 Å². The molecule has 434 valence electrons. The maximum atomic E-state index is 12.5. The van der Waals surface area contributed by atoms with Crippen molar-refractivity contribution >= 4 is 11.9 Å². The third-order valence-electron chi connectivity index (χ3n) is 15.8. The summed E-state index contributed by atoms with van der Waals surface area (Å²) in [5.41, 5.74) is 0. The zero-order chi connectivity index (χ0) is 52.9. The minimum Gasteiger partial charge on any atom is -0.466 e. The largest absolute Gasteiger partial charge is 0.466 e. The topological polar surface area (TPSA) is 95.9 Å². The Balaban J connectivity index is 3.36. The van der Waals surface area contributed by atoms with Crippen LogP contribution in [0.25, 0.3) is 0 Å². The first-order valence-electron chi connectivity index (χ1n) is 33.4. The van der Waals surface area contributed by atoms with Gasteiger partial charge in [-0.3, -0.25) is 9.59 Å². The van der Waals surface area contributed by atoms with E-state index in [1.807, 2.05) is 0 Å². The number of hydrogen-bond acceptors (Lipinski definition) is 5. The first-order chi connectivity index (χ1) is 36.0. The van der Waals surface area contributed by atoms with Crippen LogP contribution >= 0.6 is 0 Å². The molecule has 0 radical (unpaired) electrons. The number of carbonyl (C=O) groups is 2. The van der Waals surface area contributed by atoms with Crippen LogP contribution < -0.4 is 5.32 Å². The molecule has 0 fully saturated rings. The molecule has 0 aromatic heterocycles. The quantitative estimate of drug-likeness (QED) is 0.0320. The number of nitrogens with one attached hydrogen (secondary N) is 1. The molecule has 0 spiro atoms. The van der Waals surface area contributed by atoms with Crippen LogP contribution in [0.5, 0.6) is 0 Å². The average Bonchev–Trinajstić information content (AvgIpc) is 3.39. The Kier molecular flexibility index (Phi) is 61.9. The lowest BCUT2D eigenvalue weighted by Gasteiger charge is -2.22. The monoisotopic (exact) mass is 1030 g/mol. The maximum Gasteiger partial charge on any atom is 0.305 e. The zero-order valence-corrected chi connectivity index (χ0v) is 49.6. The van der Waals surface area contributed by atoms with Crippen LogP contribution in [0.1, 0.15) is 380 Å². The lowest BCUT2D eigenvalue weighted by Crippen LogP contribution is -2.45. The molecule has 0 aliphatic rings. The van der Waals surface area contributed by atoms with E-state index in [4.69, 9.17) is 4.74 Å². The fourth-order valence-electron chi connectivity index (χ4n) is 10.7. The van der Waals surface area contributed by atoms with Crippen LogP contribution in [0.4, 0.5) is 0 Å². The molecule has 0 bridgehead atoms. The number of hydrogen-bond donors (Lipinski definition) is 3. The van der Waals surface area contributed by atoms with E-state index < -0.39 is 12.1 Å². The molecule has 0 saturated carbocycles. The summed E-state index contributed by atoms with van der Waals surface area (Å²) in [4.78, 5) is 24.5. The molecular formula is C67H131NO5. The summed E-state index contributed by atoms with van der Waals surface area (Å²) in [6.07, 6.45) is 76.7. The summed E-state index contributed by atoms with van der Waals surface area (Å²) in [7, 11) is 0. The zero-order valence-electron chi connectivity index (χ0n) is 49.6. The van der Waals surface area contributed by atoms with E-state index in [0.717, 1.165) is 38.5 Å². The van der Waals surface area contributed by atoms with Gasteiger partial charge in [0, 0.05) is 12.8 Å². The average molecular weight is 1030 g/mol. The van der Waals surface area contributed by atoms with Crippen LogP contribution in [-0.2, 0) is 14.3 Å².